The molecular formula is C18H18N4S2. The summed E-state index contributed by atoms with van der Waals surface area (Å²) in [5.41, 5.74) is 3.41. The second-order valence-electron chi connectivity index (χ2n) is 5.67. The third-order valence-electron chi connectivity index (χ3n) is 4.03. The monoisotopic (exact) mass is 354 g/mol. The van der Waals surface area contributed by atoms with E-state index in [-0.39, 0.29) is 0 Å². The molecule has 1 aliphatic heterocycles. The minimum absolute atomic E-state index is 0.772. The maximum Gasteiger partial charge on any atom is 0.142 e. The maximum atomic E-state index is 4.53. The molecule has 3 aromatic rings. The third-order valence-corrected chi connectivity index (χ3v) is 6.04. The Morgan fingerprint density at radius 1 is 1.00 bits per heavy atom. The smallest absolute Gasteiger partial charge is 0.142 e. The van der Waals surface area contributed by atoms with Crippen LogP contribution in [-0.4, -0.2) is 39.5 Å². The zero-order chi connectivity index (χ0) is 16.4. The van der Waals surface area contributed by atoms with E-state index in [1.54, 1.807) is 17.5 Å². The summed E-state index contributed by atoms with van der Waals surface area (Å²) >= 11 is 3.71. The van der Waals surface area contributed by atoms with Gasteiger partial charge in [0.25, 0.3) is 0 Å². The summed E-state index contributed by atoms with van der Waals surface area (Å²) < 4.78 is 0. The van der Waals surface area contributed by atoms with Crippen molar-refractivity contribution in [3.8, 4) is 21.1 Å². The van der Waals surface area contributed by atoms with Crippen LogP contribution in [0, 0.1) is 6.92 Å². The minimum Gasteiger partial charge on any atom is -0.370 e. The SMILES string of the molecule is Cc1nccc(-c2ncc(-c3ccc(N4CCSCC4)cc3)s2)n1. The molecule has 4 nitrogen and oxygen atoms in total. The van der Waals surface area contributed by atoms with Crippen LogP contribution in [0.4, 0.5) is 5.69 Å². The van der Waals surface area contributed by atoms with E-state index in [0.717, 1.165) is 29.6 Å². The van der Waals surface area contributed by atoms with Gasteiger partial charge in [0.1, 0.15) is 16.5 Å². The van der Waals surface area contributed by atoms with E-state index in [1.807, 2.05) is 30.9 Å². The first kappa shape index (κ1) is 15.6. The van der Waals surface area contributed by atoms with Gasteiger partial charge in [0, 0.05) is 42.7 Å². The summed E-state index contributed by atoms with van der Waals surface area (Å²) in [4.78, 5) is 16.8. The zero-order valence-corrected chi connectivity index (χ0v) is 15.1. The molecule has 0 amide bonds. The topological polar surface area (TPSA) is 41.9 Å². The molecule has 3 heterocycles. The van der Waals surface area contributed by atoms with Gasteiger partial charge in [-0.1, -0.05) is 12.1 Å². The number of aromatic nitrogens is 3. The zero-order valence-electron chi connectivity index (χ0n) is 13.5. The second-order valence-corrected chi connectivity index (χ2v) is 7.92. The van der Waals surface area contributed by atoms with Gasteiger partial charge in [-0.3, -0.25) is 0 Å². The van der Waals surface area contributed by atoms with E-state index >= 15 is 0 Å². The molecule has 0 spiro atoms. The van der Waals surface area contributed by atoms with Gasteiger partial charge in [-0.2, -0.15) is 11.8 Å². The van der Waals surface area contributed by atoms with Gasteiger partial charge in [0.2, 0.25) is 0 Å². The first-order valence-electron chi connectivity index (χ1n) is 7.98. The molecule has 0 unspecified atom stereocenters. The highest BCUT2D eigenvalue weighted by Gasteiger charge is 2.12. The standard InChI is InChI=1S/C18H18N4S2/c1-13-19-7-6-16(21-13)18-20-12-17(24-18)14-2-4-15(5-3-14)22-8-10-23-11-9-22/h2-7,12H,8-11H2,1H3. The summed E-state index contributed by atoms with van der Waals surface area (Å²) in [7, 11) is 0. The number of hydrogen-bond donors (Lipinski definition) is 0. The molecule has 122 valence electrons. The minimum atomic E-state index is 0.772. The van der Waals surface area contributed by atoms with E-state index in [0.29, 0.717) is 0 Å². The number of thiazole rings is 1. The van der Waals surface area contributed by atoms with Crippen LogP contribution < -0.4 is 4.90 Å². The van der Waals surface area contributed by atoms with Crippen LogP contribution in [0.2, 0.25) is 0 Å². The highest BCUT2D eigenvalue weighted by molar-refractivity contribution is 7.99. The van der Waals surface area contributed by atoms with E-state index in [9.17, 15) is 0 Å². The normalized spacial score (nSPS) is 14.8. The summed E-state index contributed by atoms with van der Waals surface area (Å²) in [6.45, 7) is 4.18. The number of hydrogen-bond acceptors (Lipinski definition) is 6. The summed E-state index contributed by atoms with van der Waals surface area (Å²) in [5.74, 6) is 3.21. The Bertz CT molecular complexity index is 823. The highest BCUT2D eigenvalue weighted by Crippen LogP contribution is 2.32. The highest BCUT2D eigenvalue weighted by atomic mass is 32.2. The molecule has 1 fully saturated rings. The van der Waals surface area contributed by atoms with Crippen molar-refractivity contribution in [2.24, 2.45) is 0 Å². The molecule has 1 aromatic carbocycles. The van der Waals surface area contributed by atoms with Crippen molar-refractivity contribution < 1.29 is 0 Å². The van der Waals surface area contributed by atoms with Crippen molar-refractivity contribution in [2.75, 3.05) is 29.5 Å². The predicted octanol–water partition coefficient (Wildman–Crippen LogP) is 4.13. The molecule has 24 heavy (non-hydrogen) atoms. The van der Waals surface area contributed by atoms with E-state index in [1.165, 1.54) is 27.6 Å². The number of anilines is 1. The lowest BCUT2D eigenvalue weighted by atomic mass is 10.2. The Kier molecular flexibility index (Phi) is 4.49. The van der Waals surface area contributed by atoms with Crippen LogP contribution in [-0.2, 0) is 0 Å². The maximum absolute atomic E-state index is 4.53. The molecule has 0 N–H and O–H groups in total. The van der Waals surface area contributed by atoms with Crippen LogP contribution in [0.1, 0.15) is 5.82 Å². The molecule has 0 aliphatic carbocycles. The Morgan fingerprint density at radius 2 is 1.79 bits per heavy atom. The lowest BCUT2D eigenvalue weighted by molar-refractivity contribution is 0.859. The van der Waals surface area contributed by atoms with Crippen molar-refractivity contribution in [3.63, 3.8) is 0 Å². The lowest BCUT2D eigenvalue weighted by Crippen LogP contribution is -2.32. The van der Waals surface area contributed by atoms with Crippen molar-refractivity contribution in [1.82, 2.24) is 15.0 Å². The van der Waals surface area contributed by atoms with Crippen LogP contribution >= 0.6 is 23.1 Å². The Balaban J connectivity index is 1.56. The largest absolute Gasteiger partial charge is 0.370 e. The number of rotatable bonds is 3. The first-order valence-corrected chi connectivity index (χ1v) is 9.96. The second kappa shape index (κ2) is 6.91. The number of aryl methyl sites for hydroxylation is 1. The van der Waals surface area contributed by atoms with Gasteiger partial charge in [-0.25, -0.2) is 15.0 Å². The molecule has 6 heteroatoms. The fraction of sp³-hybridized carbons (Fsp3) is 0.278. The molecule has 0 atom stereocenters. The van der Waals surface area contributed by atoms with Gasteiger partial charge in [0.15, 0.2) is 0 Å². The molecule has 1 saturated heterocycles. The van der Waals surface area contributed by atoms with Crippen molar-refractivity contribution in [1.29, 1.82) is 0 Å². The number of thioether (sulfide) groups is 1. The molecule has 2 aromatic heterocycles. The van der Waals surface area contributed by atoms with Gasteiger partial charge in [-0.05, 0) is 30.7 Å². The third kappa shape index (κ3) is 3.30. The van der Waals surface area contributed by atoms with E-state index in [2.05, 4.69) is 44.1 Å². The predicted molar refractivity (Wildman–Crippen MR) is 103 cm³/mol. The average Bonchev–Trinajstić information content (AvgIpc) is 3.13. The van der Waals surface area contributed by atoms with Gasteiger partial charge in [0.05, 0.1) is 4.88 Å². The molecule has 0 saturated carbocycles. The molecule has 0 radical (unpaired) electrons. The Hall–Kier alpha value is -1.92. The van der Waals surface area contributed by atoms with Gasteiger partial charge in [-0.15, -0.1) is 11.3 Å². The molecule has 0 bridgehead atoms. The van der Waals surface area contributed by atoms with Gasteiger partial charge < -0.3 is 4.90 Å². The number of nitrogens with zero attached hydrogens (tertiary/aromatic N) is 4. The summed E-state index contributed by atoms with van der Waals surface area (Å²) in [6.07, 6.45) is 3.72. The summed E-state index contributed by atoms with van der Waals surface area (Å²) in [5, 5.41) is 0.938. The van der Waals surface area contributed by atoms with Crippen LogP contribution in [0.15, 0.2) is 42.7 Å². The Labute approximate surface area is 150 Å². The van der Waals surface area contributed by atoms with Gasteiger partial charge >= 0.3 is 0 Å². The molecule has 1 aliphatic rings. The van der Waals surface area contributed by atoms with Crippen molar-refractivity contribution in [2.45, 2.75) is 6.92 Å². The molecule has 4 rings (SSSR count). The number of benzene rings is 1. The Morgan fingerprint density at radius 3 is 2.54 bits per heavy atom. The van der Waals surface area contributed by atoms with Crippen LogP contribution in [0.5, 0.6) is 0 Å². The van der Waals surface area contributed by atoms with Crippen LogP contribution in [0.3, 0.4) is 0 Å². The lowest BCUT2D eigenvalue weighted by Gasteiger charge is -2.28. The van der Waals surface area contributed by atoms with E-state index in [4.69, 9.17) is 0 Å². The average molecular weight is 355 g/mol. The van der Waals surface area contributed by atoms with Crippen molar-refractivity contribution in [3.05, 3.63) is 48.5 Å². The first-order chi connectivity index (χ1) is 11.8. The summed E-state index contributed by atoms with van der Waals surface area (Å²) in [6, 6.07) is 10.7. The fourth-order valence-electron chi connectivity index (χ4n) is 2.76. The fourth-order valence-corrected chi connectivity index (χ4v) is 4.55. The van der Waals surface area contributed by atoms with Crippen molar-refractivity contribution >= 4 is 28.8 Å². The quantitative estimate of drug-likeness (QED) is 0.707. The van der Waals surface area contributed by atoms with E-state index < -0.39 is 0 Å². The van der Waals surface area contributed by atoms with Crippen LogP contribution in [0.25, 0.3) is 21.1 Å². The molecular weight excluding hydrogens is 336 g/mol.